The highest BCUT2D eigenvalue weighted by molar-refractivity contribution is 7.89. The lowest BCUT2D eigenvalue weighted by Crippen LogP contribution is -2.28. The zero-order valence-corrected chi connectivity index (χ0v) is 12.2. The number of hydrogen-bond donors (Lipinski definition) is 1. The molecule has 0 aliphatic heterocycles. The molecular weight excluding hydrogens is 284 g/mol. The van der Waals surface area contributed by atoms with Gasteiger partial charge in [-0.25, -0.2) is 8.42 Å². The van der Waals surface area contributed by atoms with E-state index in [0.717, 1.165) is 0 Å². The van der Waals surface area contributed by atoms with Crippen LogP contribution in [0, 0.1) is 0 Å². The normalized spacial score (nSPS) is 13.3. The van der Waals surface area contributed by atoms with Crippen LogP contribution in [0.4, 0.5) is 0 Å². The first kappa shape index (κ1) is 14.5. The second-order valence-corrected chi connectivity index (χ2v) is 5.71. The lowest BCUT2D eigenvalue weighted by molar-refractivity contribution is 0.354. The molecule has 0 radical (unpaired) electrons. The number of methoxy groups -OCH3 is 1. The van der Waals surface area contributed by atoms with Gasteiger partial charge in [0.1, 0.15) is 0 Å². The molecule has 0 fully saturated rings. The molecule has 20 heavy (non-hydrogen) atoms. The molecule has 2 heterocycles. The molecule has 2 aromatic heterocycles. The van der Waals surface area contributed by atoms with Crippen LogP contribution < -0.4 is 9.46 Å². The topological polar surface area (TPSA) is 99.2 Å². The van der Waals surface area contributed by atoms with E-state index in [0.29, 0.717) is 18.4 Å². The first-order valence-corrected chi connectivity index (χ1v) is 7.50. The van der Waals surface area contributed by atoms with Crippen LogP contribution in [-0.4, -0.2) is 30.3 Å². The van der Waals surface area contributed by atoms with Crippen molar-refractivity contribution >= 4 is 10.0 Å². The average Bonchev–Trinajstić information content (AvgIpc) is 3.07. The molecule has 1 atom stereocenters. The Morgan fingerprint density at radius 3 is 2.80 bits per heavy atom. The molecule has 110 valence electrons. The number of nitrogens with zero attached hydrogens (tertiary/aromatic N) is 3. The predicted octanol–water partition coefficient (Wildman–Crippen LogP) is 0.939. The van der Waals surface area contributed by atoms with Gasteiger partial charge in [0, 0.05) is 6.54 Å². The first-order chi connectivity index (χ1) is 9.49. The van der Waals surface area contributed by atoms with E-state index in [1.165, 1.54) is 25.5 Å². The summed E-state index contributed by atoms with van der Waals surface area (Å²) in [7, 11) is -2.24. The number of aromatic nitrogens is 3. The Morgan fingerprint density at radius 2 is 2.25 bits per heavy atom. The van der Waals surface area contributed by atoms with Crippen LogP contribution >= 0.6 is 0 Å². The molecule has 0 aliphatic carbocycles. The Balaban J connectivity index is 2.25. The van der Waals surface area contributed by atoms with E-state index >= 15 is 0 Å². The highest BCUT2D eigenvalue weighted by Gasteiger charge is 2.25. The smallest absolute Gasteiger partial charge is 0.316 e. The van der Waals surface area contributed by atoms with Crippen molar-refractivity contribution in [1.82, 2.24) is 19.5 Å². The minimum Gasteiger partial charge on any atom is -0.467 e. The summed E-state index contributed by atoms with van der Waals surface area (Å²) in [5.74, 6) is 0.472. The van der Waals surface area contributed by atoms with E-state index in [2.05, 4.69) is 14.9 Å². The standard InChI is InChI=1S/C11H16N4O4S/c1-4-15-10(12-13-11(15)18-3)8(2)14-20(16,17)9-6-5-7-19-9/h5-8,14H,4H2,1-3H3/t8-/m1/s1. The predicted molar refractivity (Wildman–Crippen MR) is 69.7 cm³/mol. The van der Waals surface area contributed by atoms with E-state index in [-0.39, 0.29) is 5.09 Å². The Kier molecular flexibility index (Phi) is 4.09. The third-order valence-electron chi connectivity index (χ3n) is 2.72. The lowest BCUT2D eigenvalue weighted by atomic mass is 10.3. The van der Waals surface area contributed by atoms with Crippen LogP contribution in [0.3, 0.4) is 0 Å². The van der Waals surface area contributed by atoms with Crippen LogP contribution in [0.1, 0.15) is 25.7 Å². The fourth-order valence-electron chi connectivity index (χ4n) is 1.83. The molecule has 0 aliphatic rings. The van der Waals surface area contributed by atoms with Gasteiger partial charge in [-0.05, 0) is 26.0 Å². The molecule has 1 N–H and O–H groups in total. The number of nitrogens with one attached hydrogen (secondary N) is 1. The van der Waals surface area contributed by atoms with Gasteiger partial charge in [0.15, 0.2) is 5.82 Å². The van der Waals surface area contributed by atoms with Crippen molar-refractivity contribution < 1.29 is 17.6 Å². The molecule has 0 saturated heterocycles. The number of hydrogen-bond acceptors (Lipinski definition) is 6. The molecule has 0 spiro atoms. The van der Waals surface area contributed by atoms with Crippen molar-refractivity contribution in [3.05, 3.63) is 24.2 Å². The van der Waals surface area contributed by atoms with E-state index in [1.807, 2.05) is 6.92 Å². The van der Waals surface area contributed by atoms with Gasteiger partial charge in [-0.15, -0.1) is 5.10 Å². The van der Waals surface area contributed by atoms with E-state index in [4.69, 9.17) is 9.15 Å². The van der Waals surface area contributed by atoms with Crippen molar-refractivity contribution in [3.8, 4) is 6.01 Å². The minimum atomic E-state index is -3.73. The zero-order chi connectivity index (χ0) is 14.8. The summed E-state index contributed by atoms with van der Waals surface area (Å²) in [5.41, 5.74) is 0. The molecule has 0 bridgehead atoms. The van der Waals surface area contributed by atoms with Crippen LogP contribution in [0.15, 0.2) is 27.9 Å². The van der Waals surface area contributed by atoms with Crippen LogP contribution in [0.25, 0.3) is 0 Å². The summed E-state index contributed by atoms with van der Waals surface area (Å²) < 4.78 is 38.3. The summed E-state index contributed by atoms with van der Waals surface area (Å²) >= 11 is 0. The maximum atomic E-state index is 12.1. The highest BCUT2D eigenvalue weighted by Crippen LogP contribution is 2.19. The third kappa shape index (κ3) is 2.68. The first-order valence-electron chi connectivity index (χ1n) is 6.02. The summed E-state index contributed by atoms with van der Waals surface area (Å²) in [4.78, 5) is 0. The van der Waals surface area contributed by atoms with Crippen molar-refractivity contribution in [2.45, 2.75) is 31.5 Å². The van der Waals surface area contributed by atoms with Gasteiger partial charge in [0.05, 0.1) is 19.4 Å². The van der Waals surface area contributed by atoms with Crippen molar-refractivity contribution in [2.24, 2.45) is 0 Å². The van der Waals surface area contributed by atoms with Crippen LogP contribution in [0.2, 0.25) is 0 Å². The summed E-state index contributed by atoms with van der Waals surface area (Å²) in [6.45, 7) is 4.14. The fourth-order valence-corrected chi connectivity index (χ4v) is 2.96. The highest BCUT2D eigenvalue weighted by atomic mass is 32.2. The van der Waals surface area contributed by atoms with E-state index in [9.17, 15) is 8.42 Å². The third-order valence-corrected chi connectivity index (χ3v) is 4.15. The second kappa shape index (κ2) is 5.63. The Hall–Kier alpha value is -1.87. The Morgan fingerprint density at radius 1 is 1.50 bits per heavy atom. The van der Waals surface area contributed by atoms with Gasteiger partial charge in [-0.3, -0.25) is 4.57 Å². The number of rotatable bonds is 6. The van der Waals surface area contributed by atoms with Crippen molar-refractivity contribution in [2.75, 3.05) is 7.11 Å². The van der Waals surface area contributed by atoms with Gasteiger partial charge in [-0.1, -0.05) is 5.10 Å². The molecule has 0 unspecified atom stereocenters. The maximum absolute atomic E-state index is 12.1. The van der Waals surface area contributed by atoms with Gasteiger partial charge < -0.3 is 9.15 Å². The van der Waals surface area contributed by atoms with Crippen molar-refractivity contribution in [3.63, 3.8) is 0 Å². The molecule has 2 rings (SSSR count). The molecule has 8 nitrogen and oxygen atoms in total. The monoisotopic (exact) mass is 300 g/mol. The zero-order valence-electron chi connectivity index (χ0n) is 11.4. The SMILES string of the molecule is CCn1c(OC)nnc1[C@@H](C)NS(=O)(=O)c1ccco1. The van der Waals surface area contributed by atoms with Gasteiger partial charge >= 0.3 is 6.01 Å². The van der Waals surface area contributed by atoms with Gasteiger partial charge in [0.25, 0.3) is 10.0 Å². The number of ether oxygens (including phenoxy) is 1. The van der Waals surface area contributed by atoms with Gasteiger partial charge in [0.2, 0.25) is 5.09 Å². The maximum Gasteiger partial charge on any atom is 0.316 e. The second-order valence-electron chi connectivity index (χ2n) is 4.06. The number of sulfonamides is 1. The number of furan rings is 1. The van der Waals surface area contributed by atoms with Crippen LogP contribution in [-0.2, 0) is 16.6 Å². The summed E-state index contributed by atoms with van der Waals surface area (Å²) in [5, 5.41) is 7.67. The summed E-state index contributed by atoms with van der Waals surface area (Å²) in [6, 6.07) is 2.66. The fraction of sp³-hybridized carbons (Fsp3) is 0.455. The van der Waals surface area contributed by atoms with Gasteiger partial charge in [-0.2, -0.15) is 4.72 Å². The molecule has 9 heteroatoms. The molecule has 0 aromatic carbocycles. The molecule has 0 saturated carbocycles. The summed E-state index contributed by atoms with van der Waals surface area (Å²) in [6.07, 6.45) is 1.30. The van der Waals surface area contributed by atoms with E-state index in [1.54, 1.807) is 11.5 Å². The molecule has 0 amide bonds. The van der Waals surface area contributed by atoms with E-state index < -0.39 is 16.1 Å². The Bertz CT molecular complexity index is 663. The average molecular weight is 300 g/mol. The quantitative estimate of drug-likeness (QED) is 0.852. The molecule has 2 aromatic rings. The van der Waals surface area contributed by atoms with Crippen molar-refractivity contribution in [1.29, 1.82) is 0 Å². The lowest BCUT2D eigenvalue weighted by Gasteiger charge is -2.13. The Labute approximate surface area is 116 Å². The molecular formula is C11H16N4O4S. The largest absolute Gasteiger partial charge is 0.467 e. The van der Waals surface area contributed by atoms with Crippen LogP contribution in [0.5, 0.6) is 6.01 Å². The minimum absolute atomic E-state index is 0.140.